The number of benzene rings is 3. The topological polar surface area (TPSA) is 16.4 Å². The maximum atomic E-state index is 5.27. The van der Waals surface area contributed by atoms with Crippen molar-refractivity contribution < 1.29 is 26.3 Å². The Hall–Kier alpha value is -2.59. The van der Waals surface area contributed by atoms with Crippen molar-refractivity contribution in [3.05, 3.63) is 78.4 Å². The van der Waals surface area contributed by atoms with Crippen LogP contribution in [0.3, 0.4) is 0 Å². The summed E-state index contributed by atoms with van der Waals surface area (Å²) in [4.78, 5) is 2.54. The molecule has 0 spiro atoms. The van der Waals surface area contributed by atoms with Crippen molar-refractivity contribution in [3.8, 4) is 5.75 Å². The zero-order valence-corrected chi connectivity index (χ0v) is 17.5. The maximum Gasteiger partial charge on any atom is 0.285 e. The molecule has 0 bridgehead atoms. The van der Waals surface area contributed by atoms with Crippen LogP contribution in [0.5, 0.6) is 5.75 Å². The monoisotopic (exact) mass is 434 g/mol. The van der Waals surface area contributed by atoms with Crippen LogP contribution >= 0.6 is 0 Å². The standard InChI is InChI=1S/C24H23N2O.BrH/c1-27-19-12-10-18(11-13-19)14-15-25-16-17-26-23-9-5-4-7-21(23)20-6-2-3-8-22(20)24(25)26;/h2-13H,14-17H2,1H3;1H/q+1;/p-1. The highest BCUT2D eigenvalue weighted by Gasteiger charge is 2.31. The Kier molecular flexibility index (Phi) is 5.23. The summed E-state index contributed by atoms with van der Waals surface area (Å²) in [6, 6.07) is 26.0. The normalized spacial score (nSPS) is 12.8. The Morgan fingerprint density at radius 2 is 1.54 bits per heavy atom. The lowest BCUT2D eigenvalue weighted by molar-refractivity contribution is -0.643. The Labute approximate surface area is 175 Å². The first-order chi connectivity index (χ1) is 13.3. The largest absolute Gasteiger partial charge is 1.00 e. The molecule has 0 N–H and O–H groups in total. The maximum absolute atomic E-state index is 5.27. The molecule has 0 radical (unpaired) electrons. The van der Waals surface area contributed by atoms with Gasteiger partial charge in [0.2, 0.25) is 0 Å². The molecule has 0 fully saturated rings. The molecule has 0 unspecified atom stereocenters. The van der Waals surface area contributed by atoms with Gasteiger partial charge in [0.05, 0.1) is 19.0 Å². The Morgan fingerprint density at radius 1 is 0.857 bits per heavy atom. The zero-order chi connectivity index (χ0) is 18.2. The summed E-state index contributed by atoms with van der Waals surface area (Å²) in [7, 11) is 1.71. The molecule has 0 amide bonds. The number of ether oxygens (including phenoxy) is 1. The van der Waals surface area contributed by atoms with E-state index in [0.29, 0.717) is 0 Å². The van der Waals surface area contributed by atoms with E-state index >= 15 is 0 Å². The fourth-order valence-electron chi connectivity index (χ4n) is 4.28. The van der Waals surface area contributed by atoms with E-state index in [4.69, 9.17) is 4.74 Å². The van der Waals surface area contributed by atoms with Gasteiger partial charge >= 0.3 is 0 Å². The molecule has 142 valence electrons. The van der Waals surface area contributed by atoms with Crippen molar-refractivity contribution >= 4 is 27.5 Å². The summed E-state index contributed by atoms with van der Waals surface area (Å²) < 4.78 is 7.76. The summed E-state index contributed by atoms with van der Waals surface area (Å²) in [5.41, 5.74) is 2.68. The first-order valence-corrected chi connectivity index (χ1v) is 9.56. The quantitative estimate of drug-likeness (QED) is 0.356. The predicted octanol–water partition coefficient (Wildman–Crippen LogP) is 1.36. The van der Waals surface area contributed by atoms with E-state index in [2.05, 4.69) is 70.1 Å². The summed E-state index contributed by atoms with van der Waals surface area (Å²) in [5.74, 6) is 2.27. The van der Waals surface area contributed by atoms with Crippen LogP contribution in [0.15, 0.2) is 72.8 Å². The number of pyridine rings is 1. The van der Waals surface area contributed by atoms with Gasteiger partial charge in [-0.25, -0.2) is 4.57 Å². The molecule has 1 aliphatic heterocycles. The molecule has 0 saturated carbocycles. The van der Waals surface area contributed by atoms with Gasteiger partial charge in [-0.1, -0.05) is 48.5 Å². The summed E-state index contributed by atoms with van der Waals surface area (Å²) in [5, 5.41) is 4.04. The molecule has 0 aliphatic carbocycles. The molecule has 3 aromatic carbocycles. The second-order valence-electron chi connectivity index (χ2n) is 7.12. The molecule has 1 aliphatic rings. The number of aromatic nitrogens is 1. The van der Waals surface area contributed by atoms with Crippen LogP contribution in [0.4, 0.5) is 5.82 Å². The van der Waals surface area contributed by atoms with Crippen LogP contribution < -0.4 is 31.2 Å². The van der Waals surface area contributed by atoms with Crippen LogP contribution in [0.1, 0.15) is 5.56 Å². The summed E-state index contributed by atoms with van der Waals surface area (Å²) in [6.45, 7) is 3.13. The lowest BCUT2D eigenvalue weighted by atomic mass is 10.1. The summed E-state index contributed by atoms with van der Waals surface area (Å²) >= 11 is 0. The van der Waals surface area contributed by atoms with Gasteiger partial charge in [-0.05, 0) is 29.8 Å². The zero-order valence-electron chi connectivity index (χ0n) is 15.9. The minimum absolute atomic E-state index is 0. The molecule has 3 nitrogen and oxygen atoms in total. The second kappa shape index (κ2) is 7.80. The molecule has 4 heteroatoms. The van der Waals surface area contributed by atoms with Crippen LogP contribution in [-0.2, 0) is 13.0 Å². The summed E-state index contributed by atoms with van der Waals surface area (Å²) in [6.07, 6.45) is 1.03. The van der Waals surface area contributed by atoms with Gasteiger partial charge < -0.3 is 21.7 Å². The van der Waals surface area contributed by atoms with Gasteiger partial charge in [0, 0.05) is 17.2 Å². The SMILES string of the molecule is COc1ccc(CCN2CC[n+]3c2c2ccccc2c2ccccc23)cc1.[Br-]. The number of anilines is 1. The van der Waals surface area contributed by atoms with Crippen molar-refractivity contribution in [2.45, 2.75) is 13.0 Å². The van der Waals surface area contributed by atoms with E-state index in [1.807, 2.05) is 12.1 Å². The first kappa shape index (κ1) is 18.8. The number of hydrogen-bond donors (Lipinski definition) is 0. The van der Waals surface area contributed by atoms with Crippen molar-refractivity contribution in [2.24, 2.45) is 0 Å². The van der Waals surface area contributed by atoms with Gasteiger partial charge in [0.25, 0.3) is 5.82 Å². The number of methoxy groups -OCH3 is 1. The average molecular weight is 435 g/mol. The van der Waals surface area contributed by atoms with Crippen molar-refractivity contribution in [1.82, 2.24) is 0 Å². The third-order valence-electron chi connectivity index (χ3n) is 5.63. The smallest absolute Gasteiger partial charge is 0.285 e. The number of rotatable bonds is 4. The lowest BCUT2D eigenvalue weighted by Gasteiger charge is -2.14. The van der Waals surface area contributed by atoms with Crippen molar-refractivity contribution in [1.29, 1.82) is 0 Å². The highest BCUT2D eigenvalue weighted by atomic mass is 79.9. The molecule has 4 aromatic rings. The van der Waals surface area contributed by atoms with E-state index in [1.165, 1.54) is 33.1 Å². The number of fused-ring (bicyclic) bond motifs is 6. The van der Waals surface area contributed by atoms with E-state index in [0.717, 1.165) is 31.8 Å². The molecule has 28 heavy (non-hydrogen) atoms. The van der Waals surface area contributed by atoms with Gasteiger partial charge in [-0.15, -0.1) is 0 Å². The number of nitrogens with zero attached hydrogens (tertiary/aromatic N) is 2. The van der Waals surface area contributed by atoms with E-state index in [-0.39, 0.29) is 17.0 Å². The van der Waals surface area contributed by atoms with E-state index in [9.17, 15) is 0 Å². The third kappa shape index (κ3) is 3.12. The molecule has 2 heterocycles. The highest BCUT2D eigenvalue weighted by molar-refractivity contribution is 6.08. The molecule has 1 aromatic heterocycles. The Balaban J connectivity index is 0.00000192. The Bertz CT molecular complexity index is 1120. The molecular formula is C24H23BrN2O. The minimum Gasteiger partial charge on any atom is -1.00 e. The fraction of sp³-hybridized carbons (Fsp3) is 0.208. The van der Waals surface area contributed by atoms with Crippen molar-refractivity contribution in [3.63, 3.8) is 0 Å². The van der Waals surface area contributed by atoms with Gasteiger partial charge in [-0.2, -0.15) is 0 Å². The number of halogens is 1. The van der Waals surface area contributed by atoms with E-state index < -0.39 is 0 Å². The Morgan fingerprint density at radius 3 is 2.29 bits per heavy atom. The van der Waals surface area contributed by atoms with Gasteiger partial charge in [-0.3, -0.25) is 4.90 Å². The van der Waals surface area contributed by atoms with Crippen LogP contribution in [-0.4, -0.2) is 20.2 Å². The lowest BCUT2D eigenvalue weighted by Crippen LogP contribution is -3.00. The minimum atomic E-state index is 0. The number of para-hydroxylation sites is 1. The van der Waals surface area contributed by atoms with Gasteiger partial charge in [0.15, 0.2) is 0 Å². The molecular weight excluding hydrogens is 412 g/mol. The second-order valence-corrected chi connectivity index (χ2v) is 7.12. The number of hydrogen-bond acceptors (Lipinski definition) is 2. The molecule has 5 rings (SSSR count). The van der Waals surface area contributed by atoms with Crippen molar-refractivity contribution in [2.75, 3.05) is 25.1 Å². The van der Waals surface area contributed by atoms with Gasteiger partial charge in [0.1, 0.15) is 24.4 Å². The van der Waals surface area contributed by atoms with Crippen LogP contribution in [0, 0.1) is 0 Å². The van der Waals surface area contributed by atoms with E-state index in [1.54, 1.807) is 7.11 Å². The third-order valence-corrected chi connectivity index (χ3v) is 5.63. The first-order valence-electron chi connectivity index (χ1n) is 9.56. The van der Waals surface area contributed by atoms with Crippen LogP contribution in [0.2, 0.25) is 0 Å². The molecule has 0 saturated heterocycles. The highest BCUT2D eigenvalue weighted by Crippen LogP contribution is 2.32. The predicted molar refractivity (Wildman–Crippen MR) is 111 cm³/mol. The van der Waals surface area contributed by atoms with Crippen LogP contribution in [0.25, 0.3) is 21.7 Å². The average Bonchev–Trinajstić information content (AvgIpc) is 3.17. The fourth-order valence-corrected chi connectivity index (χ4v) is 4.28. The molecule has 0 atom stereocenters.